The van der Waals surface area contributed by atoms with E-state index in [4.69, 9.17) is 4.98 Å². The minimum Gasteiger partial charge on any atom is -0.316 e. The van der Waals surface area contributed by atoms with Crippen LogP contribution in [0.15, 0.2) is 121 Å². The fraction of sp³-hybridized carbons (Fsp3) is 0.0882. The molecule has 2 aromatic heterocycles. The molecule has 0 amide bonds. The summed E-state index contributed by atoms with van der Waals surface area (Å²) < 4.78 is 2.35. The van der Waals surface area contributed by atoms with E-state index in [0.717, 1.165) is 28.2 Å². The van der Waals surface area contributed by atoms with Gasteiger partial charge in [-0.25, -0.2) is 4.98 Å². The second-order valence-electron chi connectivity index (χ2n) is 10.1. The quantitative estimate of drug-likeness (QED) is 0.257. The fourth-order valence-corrected chi connectivity index (χ4v) is 5.80. The molecule has 2 heteroatoms. The highest BCUT2D eigenvalue weighted by Gasteiger charge is 2.36. The number of rotatable bonds is 3. The van der Waals surface area contributed by atoms with Gasteiger partial charge < -0.3 is 4.57 Å². The van der Waals surface area contributed by atoms with Gasteiger partial charge in [-0.15, -0.1) is 0 Å². The van der Waals surface area contributed by atoms with Gasteiger partial charge in [-0.1, -0.05) is 111 Å². The smallest absolute Gasteiger partial charge is 0.0730 e. The summed E-state index contributed by atoms with van der Waals surface area (Å²) in [5, 5.41) is 1.25. The van der Waals surface area contributed by atoms with E-state index in [1.54, 1.807) is 0 Å². The number of hydrogen-bond acceptors (Lipinski definition) is 1. The number of pyridine rings is 1. The Bertz CT molecular complexity index is 1680. The van der Waals surface area contributed by atoms with Crippen molar-refractivity contribution >= 4 is 10.9 Å². The number of aromatic nitrogens is 2. The lowest BCUT2D eigenvalue weighted by molar-refractivity contribution is 0.661. The Morgan fingerprint density at radius 2 is 1.22 bits per heavy atom. The van der Waals surface area contributed by atoms with Crippen LogP contribution in [0.3, 0.4) is 0 Å². The molecule has 0 unspecified atom stereocenters. The van der Waals surface area contributed by atoms with Crippen LogP contribution in [0.5, 0.6) is 0 Å². The van der Waals surface area contributed by atoms with E-state index in [9.17, 15) is 0 Å². The normalized spacial score (nSPS) is 13.5. The second kappa shape index (κ2) is 7.79. The standard InChI is InChI=1S/C34H26N2/c1-34(2)28-16-10-9-15-27(28)32-29(34)18-17-25-19-20-36(33(25)32)26-21-30(23-11-5-3-6-12-23)35-31(22-26)24-13-7-4-8-14-24/h3-22H,1-2H3. The zero-order valence-electron chi connectivity index (χ0n) is 20.4. The van der Waals surface area contributed by atoms with Gasteiger partial charge in [-0.05, 0) is 34.9 Å². The third-order valence-electron chi connectivity index (χ3n) is 7.62. The lowest BCUT2D eigenvalue weighted by atomic mass is 9.82. The van der Waals surface area contributed by atoms with E-state index in [1.165, 1.54) is 33.2 Å². The van der Waals surface area contributed by atoms with Crippen molar-refractivity contribution in [3.8, 4) is 39.3 Å². The van der Waals surface area contributed by atoms with Gasteiger partial charge in [0.15, 0.2) is 0 Å². The van der Waals surface area contributed by atoms with E-state index in [0.29, 0.717) is 0 Å². The minimum absolute atomic E-state index is 0.0299. The average molecular weight is 463 g/mol. The summed E-state index contributed by atoms with van der Waals surface area (Å²) in [6.07, 6.45) is 2.21. The maximum absolute atomic E-state index is 5.08. The zero-order valence-corrected chi connectivity index (χ0v) is 20.4. The molecule has 0 saturated heterocycles. The summed E-state index contributed by atoms with van der Waals surface area (Å²) in [5.41, 5.74) is 12.0. The van der Waals surface area contributed by atoms with Crippen molar-refractivity contribution in [2.24, 2.45) is 0 Å². The molecule has 0 radical (unpaired) electrons. The molecular formula is C34H26N2. The van der Waals surface area contributed by atoms with Gasteiger partial charge in [0, 0.05) is 39.4 Å². The highest BCUT2D eigenvalue weighted by atomic mass is 15.0. The Labute approximate surface area is 211 Å². The molecule has 1 aliphatic rings. The van der Waals surface area contributed by atoms with Crippen molar-refractivity contribution in [1.82, 2.24) is 9.55 Å². The van der Waals surface area contributed by atoms with Crippen LogP contribution in [-0.4, -0.2) is 9.55 Å². The summed E-state index contributed by atoms with van der Waals surface area (Å²) in [6.45, 7) is 4.68. The van der Waals surface area contributed by atoms with E-state index < -0.39 is 0 Å². The first-order valence-corrected chi connectivity index (χ1v) is 12.5. The molecule has 4 aromatic carbocycles. The minimum atomic E-state index is -0.0299. The molecule has 172 valence electrons. The molecule has 0 spiro atoms. The topological polar surface area (TPSA) is 17.8 Å². The first-order chi connectivity index (χ1) is 17.6. The van der Waals surface area contributed by atoms with Crippen molar-refractivity contribution in [3.63, 3.8) is 0 Å². The van der Waals surface area contributed by atoms with Gasteiger partial charge in [0.05, 0.1) is 16.9 Å². The van der Waals surface area contributed by atoms with Crippen LogP contribution in [-0.2, 0) is 5.41 Å². The molecule has 7 rings (SSSR count). The lowest BCUT2D eigenvalue weighted by Gasteiger charge is -2.21. The molecule has 0 aliphatic heterocycles. The average Bonchev–Trinajstić information content (AvgIpc) is 3.46. The van der Waals surface area contributed by atoms with Crippen LogP contribution >= 0.6 is 0 Å². The Kier molecular flexibility index (Phi) is 4.52. The fourth-order valence-electron chi connectivity index (χ4n) is 5.80. The van der Waals surface area contributed by atoms with Gasteiger partial charge in [0.1, 0.15) is 0 Å². The number of benzene rings is 4. The number of nitrogens with zero attached hydrogens (tertiary/aromatic N) is 2. The van der Waals surface area contributed by atoms with Crippen molar-refractivity contribution in [2.45, 2.75) is 19.3 Å². The third kappa shape index (κ3) is 3.08. The van der Waals surface area contributed by atoms with Crippen LogP contribution in [0, 0.1) is 0 Å². The lowest BCUT2D eigenvalue weighted by Crippen LogP contribution is -2.14. The first-order valence-electron chi connectivity index (χ1n) is 12.5. The summed E-state index contributed by atoms with van der Waals surface area (Å²) in [5.74, 6) is 0. The molecule has 0 fully saturated rings. The van der Waals surface area contributed by atoms with Gasteiger partial charge in [0.2, 0.25) is 0 Å². The largest absolute Gasteiger partial charge is 0.316 e. The van der Waals surface area contributed by atoms with Gasteiger partial charge in [0.25, 0.3) is 0 Å². The zero-order chi connectivity index (χ0) is 24.3. The summed E-state index contributed by atoms with van der Waals surface area (Å²) in [7, 11) is 0. The Morgan fingerprint density at radius 3 is 1.89 bits per heavy atom. The number of fused-ring (bicyclic) bond motifs is 5. The Hall–Kier alpha value is -4.43. The van der Waals surface area contributed by atoms with E-state index in [1.807, 2.05) is 12.1 Å². The maximum Gasteiger partial charge on any atom is 0.0730 e. The van der Waals surface area contributed by atoms with Crippen molar-refractivity contribution in [1.29, 1.82) is 0 Å². The number of hydrogen-bond donors (Lipinski definition) is 0. The summed E-state index contributed by atoms with van der Waals surface area (Å²) >= 11 is 0. The molecule has 2 nitrogen and oxygen atoms in total. The molecule has 36 heavy (non-hydrogen) atoms. The Morgan fingerprint density at radius 1 is 0.611 bits per heavy atom. The monoisotopic (exact) mass is 462 g/mol. The molecule has 2 heterocycles. The highest BCUT2D eigenvalue weighted by molar-refractivity contribution is 6.01. The van der Waals surface area contributed by atoms with E-state index in [2.05, 4.69) is 128 Å². The van der Waals surface area contributed by atoms with E-state index in [-0.39, 0.29) is 5.41 Å². The molecule has 0 bridgehead atoms. The van der Waals surface area contributed by atoms with Crippen molar-refractivity contribution in [2.75, 3.05) is 0 Å². The molecule has 6 aromatic rings. The highest BCUT2D eigenvalue weighted by Crippen LogP contribution is 2.51. The van der Waals surface area contributed by atoms with Crippen LogP contribution in [0.2, 0.25) is 0 Å². The summed E-state index contributed by atoms with van der Waals surface area (Å²) in [6, 6.07) is 41.0. The molecular weight excluding hydrogens is 436 g/mol. The molecule has 0 saturated carbocycles. The molecule has 1 aliphatic carbocycles. The van der Waals surface area contributed by atoms with Crippen molar-refractivity contribution in [3.05, 3.63) is 133 Å². The Balaban J connectivity index is 1.53. The van der Waals surface area contributed by atoms with E-state index >= 15 is 0 Å². The SMILES string of the molecule is CC1(C)c2ccccc2-c2c1ccc1ccn(-c3cc(-c4ccccc4)nc(-c4ccccc4)c3)c21. The van der Waals surface area contributed by atoms with Gasteiger partial charge in [-0.3, -0.25) is 0 Å². The van der Waals surface area contributed by atoms with Gasteiger partial charge in [-0.2, -0.15) is 0 Å². The third-order valence-corrected chi connectivity index (χ3v) is 7.62. The predicted molar refractivity (Wildman–Crippen MR) is 150 cm³/mol. The van der Waals surface area contributed by atoms with Crippen molar-refractivity contribution < 1.29 is 0 Å². The second-order valence-corrected chi connectivity index (χ2v) is 10.1. The van der Waals surface area contributed by atoms with Crippen LogP contribution in [0.1, 0.15) is 25.0 Å². The van der Waals surface area contributed by atoms with Crippen LogP contribution < -0.4 is 0 Å². The van der Waals surface area contributed by atoms with Crippen LogP contribution in [0.25, 0.3) is 50.2 Å². The summed E-state index contributed by atoms with van der Waals surface area (Å²) in [4.78, 5) is 5.08. The first kappa shape index (κ1) is 20.9. The van der Waals surface area contributed by atoms with Gasteiger partial charge >= 0.3 is 0 Å². The molecule has 0 N–H and O–H groups in total. The maximum atomic E-state index is 5.08. The predicted octanol–water partition coefficient (Wildman–Crippen LogP) is 8.67. The molecule has 0 atom stereocenters. The van der Waals surface area contributed by atoms with Crippen LogP contribution in [0.4, 0.5) is 0 Å².